The van der Waals surface area contributed by atoms with Gasteiger partial charge in [0.05, 0.1) is 11.4 Å². The Balaban J connectivity index is 2.76. The largest absolute Gasteiger partial charge is 0.439 e. The van der Waals surface area contributed by atoms with Crippen LogP contribution in [0.1, 0.15) is 11.5 Å². The number of nitriles is 1. The molecule has 1 aromatic heterocycles. The predicted molar refractivity (Wildman–Crippen MR) is 48.3 cm³/mol. The molecule has 0 N–H and O–H groups in total. The zero-order valence-electron chi connectivity index (χ0n) is 6.62. The van der Waals surface area contributed by atoms with Crippen molar-refractivity contribution in [2.24, 2.45) is 0 Å². The van der Waals surface area contributed by atoms with Gasteiger partial charge in [-0.15, -0.1) is 11.6 Å². The molecule has 0 radical (unpaired) electrons. The molecule has 0 saturated heterocycles. The molecule has 0 aliphatic carbocycles. The number of benzene rings is 1. The molecule has 0 fully saturated rings. The van der Waals surface area contributed by atoms with Gasteiger partial charge in [-0.1, -0.05) is 6.07 Å². The quantitative estimate of drug-likeness (QED) is 0.652. The monoisotopic (exact) mass is 192 g/mol. The third-order valence-corrected chi connectivity index (χ3v) is 1.93. The molecule has 0 bridgehead atoms. The molecule has 1 aromatic carbocycles. The number of alkyl halides is 1. The van der Waals surface area contributed by atoms with Crippen LogP contribution in [0.25, 0.3) is 11.1 Å². The van der Waals surface area contributed by atoms with Gasteiger partial charge in [-0.2, -0.15) is 5.26 Å². The second kappa shape index (κ2) is 3.08. The first-order valence-electron chi connectivity index (χ1n) is 3.69. The van der Waals surface area contributed by atoms with E-state index in [1.807, 2.05) is 6.07 Å². The number of aromatic nitrogens is 1. The summed E-state index contributed by atoms with van der Waals surface area (Å²) in [5.41, 5.74) is 1.70. The molecular weight excluding hydrogens is 188 g/mol. The van der Waals surface area contributed by atoms with Crippen LogP contribution in [0.5, 0.6) is 0 Å². The lowest BCUT2D eigenvalue weighted by Crippen LogP contribution is -1.78. The molecule has 0 atom stereocenters. The third-order valence-electron chi connectivity index (χ3n) is 1.70. The van der Waals surface area contributed by atoms with Crippen LogP contribution in [0.15, 0.2) is 22.6 Å². The number of fused-ring (bicyclic) bond motifs is 1. The van der Waals surface area contributed by atoms with Crippen molar-refractivity contribution in [3.8, 4) is 6.07 Å². The van der Waals surface area contributed by atoms with Crippen molar-refractivity contribution in [3.05, 3.63) is 29.7 Å². The Labute approximate surface area is 79.6 Å². The average Bonchev–Trinajstić information content (AvgIpc) is 2.59. The van der Waals surface area contributed by atoms with Crippen LogP contribution < -0.4 is 0 Å². The highest BCUT2D eigenvalue weighted by Crippen LogP contribution is 2.19. The molecule has 13 heavy (non-hydrogen) atoms. The van der Waals surface area contributed by atoms with Crippen molar-refractivity contribution in [1.29, 1.82) is 5.26 Å². The predicted octanol–water partition coefficient (Wildman–Crippen LogP) is 2.44. The summed E-state index contributed by atoms with van der Waals surface area (Å²) in [5.74, 6) is 0.666. The molecule has 2 aromatic rings. The Morgan fingerprint density at radius 1 is 1.54 bits per heavy atom. The van der Waals surface area contributed by atoms with Crippen LogP contribution in [0, 0.1) is 11.3 Å². The Kier molecular flexibility index (Phi) is 1.91. The van der Waals surface area contributed by atoms with Crippen LogP contribution in [0.3, 0.4) is 0 Å². The fraction of sp³-hybridized carbons (Fsp3) is 0.111. The van der Waals surface area contributed by atoms with Gasteiger partial charge in [-0.3, -0.25) is 0 Å². The summed E-state index contributed by atoms with van der Waals surface area (Å²) in [6.07, 6.45) is 0. The van der Waals surface area contributed by atoms with Crippen molar-refractivity contribution >= 4 is 22.7 Å². The minimum absolute atomic E-state index is 0.222. The summed E-state index contributed by atoms with van der Waals surface area (Å²) in [4.78, 5) is 4.08. The Bertz CT molecular complexity index is 484. The van der Waals surface area contributed by atoms with Gasteiger partial charge in [0.2, 0.25) is 5.89 Å². The molecule has 4 heteroatoms. The SMILES string of the molecule is N#Cc1cccc2oc(CCl)nc12. The van der Waals surface area contributed by atoms with Gasteiger partial charge in [0.15, 0.2) is 5.58 Å². The maximum atomic E-state index is 8.75. The standard InChI is InChI=1S/C9H5ClN2O/c10-4-8-12-9-6(5-11)2-1-3-7(9)13-8/h1-3H,4H2. The fourth-order valence-corrected chi connectivity index (χ4v) is 1.26. The second-order valence-corrected chi connectivity index (χ2v) is 2.77. The topological polar surface area (TPSA) is 49.8 Å². The minimum Gasteiger partial charge on any atom is -0.439 e. The minimum atomic E-state index is 0.222. The zero-order valence-corrected chi connectivity index (χ0v) is 7.38. The number of hydrogen-bond donors (Lipinski definition) is 0. The molecule has 0 aliphatic rings. The van der Waals surface area contributed by atoms with Gasteiger partial charge in [0.25, 0.3) is 0 Å². The Hall–Kier alpha value is -1.53. The summed E-state index contributed by atoms with van der Waals surface area (Å²) in [7, 11) is 0. The van der Waals surface area contributed by atoms with Crippen LogP contribution in [0.2, 0.25) is 0 Å². The molecule has 0 saturated carbocycles. The summed E-state index contributed by atoms with van der Waals surface area (Å²) >= 11 is 5.55. The first-order valence-corrected chi connectivity index (χ1v) is 4.23. The lowest BCUT2D eigenvalue weighted by atomic mass is 10.2. The number of nitrogens with zero attached hydrogens (tertiary/aromatic N) is 2. The molecule has 64 valence electrons. The van der Waals surface area contributed by atoms with Gasteiger partial charge < -0.3 is 4.42 Å². The van der Waals surface area contributed by atoms with E-state index < -0.39 is 0 Å². The third kappa shape index (κ3) is 1.25. The van der Waals surface area contributed by atoms with Crippen molar-refractivity contribution in [2.75, 3.05) is 0 Å². The maximum Gasteiger partial charge on any atom is 0.210 e. The molecule has 3 nitrogen and oxygen atoms in total. The fourth-order valence-electron chi connectivity index (χ4n) is 1.14. The van der Waals surface area contributed by atoms with E-state index in [0.29, 0.717) is 22.6 Å². The highest BCUT2D eigenvalue weighted by molar-refractivity contribution is 6.16. The molecule has 0 unspecified atom stereocenters. The second-order valence-electron chi connectivity index (χ2n) is 2.51. The molecule has 0 amide bonds. The molecule has 1 heterocycles. The molecule has 0 aliphatic heterocycles. The highest BCUT2D eigenvalue weighted by Gasteiger charge is 2.07. The van der Waals surface area contributed by atoms with Crippen molar-refractivity contribution in [3.63, 3.8) is 0 Å². The summed E-state index contributed by atoms with van der Waals surface area (Å²) in [6, 6.07) is 7.26. The van der Waals surface area contributed by atoms with Crippen molar-refractivity contribution < 1.29 is 4.42 Å². The average molecular weight is 193 g/mol. The van der Waals surface area contributed by atoms with Crippen LogP contribution in [-0.2, 0) is 5.88 Å². The lowest BCUT2D eigenvalue weighted by molar-refractivity contribution is 0.555. The van der Waals surface area contributed by atoms with Crippen molar-refractivity contribution in [1.82, 2.24) is 4.98 Å². The first-order chi connectivity index (χ1) is 6.35. The van der Waals surface area contributed by atoms with Crippen molar-refractivity contribution in [2.45, 2.75) is 5.88 Å². The molecule has 0 spiro atoms. The smallest absolute Gasteiger partial charge is 0.210 e. The maximum absolute atomic E-state index is 8.75. The summed E-state index contributed by atoms with van der Waals surface area (Å²) in [5, 5.41) is 8.75. The summed E-state index contributed by atoms with van der Waals surface area (Å²) < 4.78 is 5.27. The zero-order chi connectivity index (χ0) is 9.26. The Morgan fingerprint density at radius 2 is 2.38 bits per heavy atom. The van der Waals surface area contributed by atoms with Gasteiger partial charge in [0.1, 0.15) is 11.6 Å². The number of oxazole rings is 1. The molecular formula is C9H5ClN2O. The van der Waals surface area contributed by atoms with E-state index in [1.54, 1.807) is 18.2 Å². The highest BCUT2D eigenvalue weighted by atomic mass is 35.5. The van der Waals surface area contributed by atoms with Gasteiger partial charge in [-0.25, -0.2) is 4.98 Å². The number of para-hydroxylation sites is 1. The lowest BCUT2D eigenvalue weighted by Gasteiger charge is -1.86. The van der Waals surface area contributed by atoms with Gasteiger partial charge in [0, 0.05) is 0 Å². The number of hydrogen-bond acceptors (Lipinski definition) is 3. The Morgan fingerprint density at radius 3 is 3.08 bits per heavy atom. The molecule has 2 rings (SSSR count). The van der Waals surface area contributed by atoms with Gasteiger partial charge >= 0.3 is 0 Å². The first kappa shape index (κ1) is 8.09. The summed E-state index contributed by atoms with van der Waals surface area (Å²) in [6.45, 7) is 0. The van der Waals surface area contributed by atoms with E-state index in [-0.39, 0.29) is 5.88 Å². The van der Waals surface area contributed by atoms with E-state index in [9.17, 15) is 0 Å². The van der Waals surface area contributed by atoms with E-state index in [4.69, 9.17) is 21.3 Å². The van der Waals surface area contributed by atoms with E-state index >= 15 is 0 Å². The van der Waals surface area contributed by atoms with Crippen LogP contribution in [0.4, 0.5) is 0 Å². The number of halogens is 1. The normalized spacial score (nSPS) is 10.2. The van der Waals surface area contributed by atoms with Crippen LogP contribution in [-0.4, -0.2) is 4.98 Å². The van der Waals surface area contributed by atoms with E-state index in [2.05, 4.69) is 4.98 Å². The van der Waals surface area contributed by atoms with Gasteiger partial charge in [-0.05, 0) is 12.1 Å². The van der Waals surface area contributed by atoms with E-state index in [0.717, 1.165) is 0 Å². The number of rotatable bonds is 1. The van der Waals surface area contributed by atoms with Crippen LogP contribution >= 0.6 is 11.6 Å². The van der Waals surface area contributed by atoms with E-state index in [1.165, 1.54) is 0 Å².